The minimum absolute atomic E-state index is 0.152. The summed E-state index contributed by atoms with van der Waals surface area (Å²) in [5.41, 5.74) is 0.381. The molecule has 5 nitrogen and oxygen atoms in total. The molecule has 6 heteroatoms. The topological polar surface area (TPSA) is 86.0 Å². The molecule has 1 fully saturated rings. The number of pyridine rings is 1. The molecule has 1 aliphatic rings. The number of carboxylic acid groups (broad SMARTS) is 1. The first-order chi connectivity index (χ1) is 8.61. The van der Waals surface area contributed by atoms with Crippen LogP contribution in [0.3, 0.4) is 0 Å². The van der Waals surface area contributed by atoms with Crippen molar-refractivity contribution in [3.05, 3.63) is 22.8 Å². The standard InChI is InChI=1S/C12H12ClN3O2/c13-9-4-7(5-14)6-15-11(9)16-10-3-1-2-8(10)12(17)18/h4,6,8,10H,1-3H2,(H,15,16)(H,17,18). The van der Waals surface area contributed by atoms with E-state index in [0.29, 0.717) is 22.8 Å². The van der Waals surface area contributed by atoms with Crippen molar-refractivity contribution in [1.29, 1.82) is 5.26 Å². The van der Waals surface area contributed by atoms with Gasteiger partial charge in [-0.1, -0.05) is 18.0 Å². The van der Waals surface area contributed by atoms with Crippen molar-refractivity contribution in [1.82, 2.24) is 4.98 Å². The molecule has 0 aromatic carbocycles. The van der Waals surface area contributed by atoms with Gasteiger partial charge in [0.15, 0.2) is 0 Å². The highest BCUT2D eigenvalue weighted by Crippen LogP contribution is 2.30. The Labute approximate surface area is 109 Å². The summed E-state index contributed by atoms with van der Waals surface area (Å²) in [6.45, 7) is 0. The minimum atomic E-state index is -0.797. The van der Waals surface area contributed by atoms with Crippen LogP contribution in [-0.2, 0) is 4.79 Å². The Kier molecular flexibility index (Phi) is 3.68. The van der Waals surface area contributed by atoms with Crippen molar-refractivity contribution < 1.29 is 9.90 Å². The molecule has 0 aliphatic heterocycles. The summed E-state index contributed by atoms with van der Waals surface area (Å²) in [6, 6.07) is 3.31. The van der Waals surface area contributed by atoms with Crippen molar-refractivity contribution in [2.75, 3.05) is 5.32 Å². The quantitative estimate of drug-likeness (QED) is 0.876. The number of hydrogen-bond donors (Lipinski definition) is 2. The zero-order valence-corrected chi connectivity index (χ0v) is 10.3. The average molecular weight is 266 g/mol. The molecule has 2 atom stereocenters. The van der Waals surface area contributed by atoms with Gasteiger partial charge in [-0.05, 0) is 18.9 Å². The number of nitrogens with one attached hydrogen (secondary N) is 1. The predicted molar refractivity (Wildman–Crippen MR) is 66.3 cm³/mol. The van der Waals surface area contributed by atoms with Crippen LogP contribution >= 0.6 is 11.6 Å². The van der Waals surface area contributed by atoms with E-state index in [1.54, 1.807) is 0 Å². The third kappa shape index (κ3) is 2.54. The van der Waals surface area contributed by atoms with Gasteiger partial charge in [0.1, 0.15) is 11.9 Å². The second kappa shape index (κ2) is 5.23. The van der Waals surface area contributed by atoms with Crippen LogP contribution in [0.4, 0.5) is 5.82 Å². The van der Waals surface area contributed by atoms with Crippen LogP contribution in [0.5, 0.6) is 0 Å². The van der Waals surface area contributed by atoms with Crippen LogP contribution in [0.1, 0.15) is 24.8 Å². The van der Waals surface area contributed by atoms with Crippen LogP contribution < -0.4 is 5.32 Å². The SMILES string of the molecule is N#Cc1cnc(NC2CCCC2C(=O)O)c(Cl)c1. The molecule has 2 N–H and O–H groups in total. The summed E-state index contributed by atoms with van der Waals surface area (Å²) in [5, 5.41) is 21.2. The molecular weight excluding hydrogens is 254 g/mol. The van der Waals surface area contributed by atoms with Gasteiger partial charge in [-0.15, -0.1) is 0 Å². The van der Waals surface area contributed by atoms with Crippen molar-refractivity contribution in [3.8, 4) is 6.07 Å². The molecule has 0 radical (unpaired) electrons. The number of nitriles is 1. The summed E-state index contributed by atoms with van der Waals surface area (Å²) in [7, 11) is 0. The zero-order valence-electron chi connectivity index (χ0n) is 9.56. The first-order valence-electron chi connectivity index (χ1n) is 5.67. The van der Waals surface area contributed by atoms with E-state index in [2.05, 4.69) is 10.3 Å². The molecule has 1 aromatic rings. The molecule has 1 aromatic heterocycles. The number of nitrogens with zero attached hydrogens (tertiary/aromatic N) is 2. The van der Waals surface area contributed by atoms with Crippen molar-refractivity contribution in [2.45, 2.75) is 25.3 Å². The summed E-state index contributed by atoms with van der Waals surface area (Å²) in [4.78, 5) is 15.1. The van der Waals surface area contributed by atoms with E-state index >= 15 is 0 Å². The van der Waals surface area contributed by atoms with Crippen LogP contribution in [0.15, 0.2) is 12.3 Å². The highest BCUT2D eigenvalue weighted by Gasteiger charge is 2.33. The van der Waals surface area contributed by atoms with E-state index in [-0.39, 0.29) is 6.04 Å². The van der Waals surface area contributed by atoms with E-state index in [0.717, 1.165) is 12.8 Å². The third-order valence-corrected chi connectivity index (χ3v) is 3.41. The number of carbonyl (C=O) groups is 1. The molecule has 0 amide bonds. The molecule has 0 saturated heterocycles. The molecule has 0 spiro atoms. The fourth-order valence-corrected chi connectivity index (χ4v) is 2.43. The van der Waals surface area contributed by atoms with E-state index < -0.39 is 11.9 Å². The monoisotopic (exact) mass is 265 g/mol. The lowest BCUT2D eigenvalue weighted by molar-refractivity contribution is -0.141. The summed E-state index contributed by atoms with van der Waals surface area (Å²) in [5.74, 6) is -0.762. The summed E-state index contributed by atoms with van der Waals surface area (Å²) >= 11 is 5.99. The van der Waals surface area contributed by atoms with Gasteiger partial charge in [0.2, 0.25) is 0 Å². The Morgan fingerprint density at radius 1 is 1.61 bits per heavy atom. The molecule has 2 rings (SSSR count). The van der Waals surface area contributed by atoms with Crippen LogP contribution in [0.2, 0.25) is 5.02 Å². The largest absolute Gasteiger partial charge is 0.481 e. The highest BCUT2D eigenvalue weighted by atomic mass is 35.5. The number of carboxylic acids is 1. The van der Waals surface area contributed by atoms with Crippen LogP contribution in [-0.4, -0.2) is 22.1 Å². The van der Waals surface area contributed by atoms with Crippen molar-refractivity contribution >= 4 is 23.4 Å². The second-order valence-corrected chi connectivity index (χ2v) is 4.70. The Morgan fingerprint density at radius 2 is 2.39 bits per heavy atom. The van der Waals surface area contributed by atoms with E-state index in [1.807, 2.05) is 6.07 Å². The normalized spacial score (nSPS) is 22.4. The maximum atomic E-state index is 11.1. The van der Waals surface area contributed by atoms with Gasteiger partial charge in [0.25, 0.3) is 0 Å². The lowest BCUT2D eigenvalue weighted by Gasteiger charge is -2.18. The van der Waals surface area contributed by atoms with Crippen molar-refractivity contribution in [2.24, 2.45) is 5.92 Å². The Morgan fingerprint density at radius 3 is 3.00 bits per heavy atom. The second-order valence-electron chi connectivity index (χ2n) is 4.29. The number of aromatic nitrogens is 1. The van der Waals surface area contributed by atoms with Gasteiger partial charge in [-0.25, -0.2) is 4.98 Å². The summed E-state index contributed by atoms with van der Waals surface area (Å²) < 4.78 is 0. The first kappa shape index (κ1) is 12.7. The maximum absolute atomic E-state index is 11.1. The molecule has 1 heterocycles. The molecule has 0 bridgehead atoms. The first-order valence-corrected chi connectivity index (χ1v) is 6.04. The fourth-order valence-electron chi connectivity index (χ4n) is 2.21. The average Bonchev–Trinajstić information content (AvgIpc) is 2.80. The van der Waals surface area contributed by atoms with E-state index in [1.165, 1.54) is 12.3 Å². The number of halogens is 1. The number of aliphatic carboxylic acids is 1. The molecule has 2 unspecified atom stereocenters. The third-order valence-electron chi connectivity index (χ3n) is 3.13. The van der Waals surface area contributed by atoms with E-state index in [9.17, 15) is 4.79 Å². The zero-order chi connectivity index (χ0) is 13.1. The lowest BCUT2D eigenvalue weighted by atomic mass is 10.0. The molecular formula is C12H12ClN3O2. The molecule has 1 aliphatic carbocycles. The fraction of sp³-hybridized carbons (Fsp3) is 0.417. The van der Waals surface area contributed by atoms with Gasteiger partial charge in [-0.3, -0.25) is 4.79 Å². The summed E-state index contributed by atoms with van der Waals surface area (Å²) in [6.07, 6.45) is 3.75. The van der Waals surface area contributed by atoms with Gasteiger partial charge >= 0.3 is 5.97 Å². The Balaban J connectivity index is 2.14. The Hall–Kier alpha value is -1.80. The van der Waals surface area contributed by atoms with Crippen LogP contribution in [0, 0.1) is 17.2 Å². The Bertz CT molecular complexity index is 513. The lowest BCUT2D eigenvalue weighted by Crippen LogP contribution is -2.30. The molecule has 1 saturated carbocycles. The van der Waals surface area contributed by atoms with Crippen molar-refractivity contribution in [3.63, 3.8) is 0 Å². The molecule has 94 valence electrons. The predicted octanol–water partition coefficient (Wildman–Crippen LogP) is 2.27. The molecule has 18 heavy (non-hydrogen) atoms. The van der Waals surface area contributed by atoms with Gasteiger partial charge in [-0.2, -0.15) is 5.26 Å². The van der Waals surface area contributed by atoms with Gasteiger partial charge in [0, 0.05) is 12.2 Å². The van der Waals surface area contributed by atoms with E-state index in [4.69, 9.17) is 22.0 Å². The number of hydrogen-bond acceptors (Lipinski definition) is 4. The smallest absolute Gasteiger partial charge is 0.308 e. The highest BCUT2D eigenvalue weighted by molar-refractivity contribution is 6.33. The minimum Gasteiger partial charge on any atom is -0.481 e. The van der Waals surface area contributed by atoms with Crippen LogP contribution in [0.25, 0.3) is 0 Å². The number of rotatable bonds is 3. The van der Waals surface area contributed by atoms with Gasteiger partial charge < -0.3 is 10.4 Å². The number of anilines is 1. The van der Waals surface area contributed by atoms with Gasteiger partial charge in [0.05, 0.1) is 16.5 Å². The maximum Gasteiger partial charge on any atom is 0.308 e.